The summed E-state index contributed by atoms with van der Waals surface area (Å²) < 4.78 is 11.6. The molecule has 0 aliphatic carbocycles. The Bertz CT molecular complexity index is 493. The van der Waals surface area contributed by atoms with Crippen molar-refractivity contribution < 1.29 is 19.4 Å². The second-order valence-electron chi connectivity index (χ2n) is 5.87. The highest BCUT2D eigenvalue weighted by molar-refractivity contribution is 5.73. The first-order valence-electron chi connectivity index (χ1n) is 7.13. The maximum atomic E-state index is 11.3. The van der Waals surface area contributed by atoms with Gasteiger partial charge >= 0.3 is 5.97 Å². The molecule has 0 amide bonds. The van der Waals surface area contributed by atoms with Crippen LogP contribution < -0.4 is 9.47 Å². The standard InChI is InChI=1S/C16H22O4/c1-4-5-8-13(15(17)18)19-12-9-6-7-11-10-16(2,3)20-14(11)12/h6-7,9,13H,4-5,8,10H2,1-3H3,(H,17,18). The van der Waals surface area contributed by atoms with E-state index < -0.39 is 12.1 Å². The Hall–Kier alpha value is -1.71. The van der Waals surface area contributed by atoms with Gasteiger partial charge in [-0.2, -0.15) is 0 Å². The molecule has 20 heavy (non-hydrogen) atoms. The molecule has 0 bridgehead atoms. The maximum absolute atomic E-state index is 11.3. The molecule has 2 rings (SSSR count). The summed E-state index contributed by atoms with van der Waals surface area (Å²) in [5.74, 6) is 0.310. The highest BCUT2D eigenvalue weighted by atomic mass is 16.6. The number of hydrogen-bond donors (Lipinski definition) is 1. The van der Waals surface area contributed by atoms with Gasteiger partial charge in [-0.3, -0.25) is 0 Å². The van der Waals surface area contributed by atoms with Crippen LogP contribution >= 0.6 is 0 Å². The van der Waals surface area contributed by atoms with Crippen LogP contribution in [0.25, 0.3) is 0 Å². The number of benzene rings is 1. The summed E-state index contributed by atoms with van der Waals surface area (Å²) in [6.45, 7) is 6.07. The van der Waals surface area contributed by atoms with Gasteiger partial charge in [0.25, 0.3) is 0 Å². The van der Waals surface area contributed by atoms with E-state index in [0.29, 0.717) is 17.9 Å². The second-order valence-corrected chi connectivity index (χ2v) is 5.87. The Kier molecular flexibility index (Phi) is 4.21. The number of unbranched alkanes of at least 4 members (excludes halogenated alkanes) is 1. The number of carboxylic acids is 1. The van der Waals surface area contributed by atoms with Gasteiger partial charge in [-0.15, -0.1) is 0 Å². The van der Waals surface area contributed by atoms with Gasteiger partial charge in [-0.25, -0.2) is 4.79 Å². The topological polar surface area (TPSA) is 55.8 Å². The van der Waals surface area contributed by atoms with Gasteiger partial charge in [-0.05, 0) is 32.8 Å². The Labute approximate surface area is 119 Å². The summed E-state index contributed by atoms with van der Waals surface area (Å²) in [6.07, 6.45) is 2.29. The molecule has 0 saturated carbocycles. The van der Waals surface area contributed by atoms with Crippen molar-refractivity contribution >= 4 is 5.97 Å². The highest BCUT2D eigenvalue weighted by Gasteiger charge is 2.33. The molecule has 0 aromatic heterocycles. The normalized spacial score (nSPS) is 17.1. The zero-order valence-electron chi connectivity index (χ0n) is 12.3. The van der Waals surface area contributed by atoms with Crippen molar-refractivity contribution in [3.8, 4) is 11.5 Å². The molecule has 4 nitrogen and oxygen atoms in total. The van der Waals surface area contributed by atoms with Crippen LogP contribution in [0.3, 0.4) is 0 Å². The van der Waals surface area contributed by atoms with Gasteiger partial charge in [0.05, 0.1) is 0 Å². The van der Waals surface area contributed by atoms with E-state index in [1.54, 1.807) is 6.07 Å². The molecule has 0 saturated heterocycles. The van der Waals surface area contributed by atoms with E-state index in [9.17, 15) is 9.90 Å². The minimum atomic E-state index is -0.923. The highest BCUT2D eigenvalue weighted by Crippen LogP contribution is 2.42. The predicted molar refractivity (Wildman–Crippen MR) is 76.4 cm³/mol. The molecule has 1 unspecified atom stereocenters. The first kappa shape index (κ1) is 14.7. The third-order valence-electron chi connectivity index (χ3n) is 3.42. The summed E-state index contributed by atoms with van der Waals surface area (Å²) in [7, 11) is 0. The lowest BCUT2D eigenvalue weighted by Gasteiger charge is -2.20. The summed E-state index contributed by atoms with van der Waals surface area (Å²) in [6, 6.07) is 5.67. The zero-order valence-corrected chi connectivity index (χ0v) is 12.3. The van der Waals surface area contributed by atoms with Crippen molar-refractivity contribution in [2.24, 2.45) is 0 Å². The number of fused-ring (bicyclic) bond motifs is 1. The van der Waals surface area contributed by atoms with E-state index in [-0.39, 0.29) is 5.60 Å². The third-order valence-corrected chi connectivity index (χ3v) is 3.42. The lowest BCUT2D eigenvalue weighted by atomic mass is 10.0. The monoisotopic (exact) mass is 278 g/mol. The van der Waals surface area contributed by atoms with Gasteiger partial charge in [0.15, 0.2) is 17.6 Å². The maximum Gasteiger partial charge on any atom is 0.344 e. The molecule has 0 radical (unpaired) electrons. The van der Waals surface area contributed by atoms with Gasteiger partial charge in [0.1, 0.15) is 5.60 Å². The Morgan fingerprint density at radius 2 is 2.25 bits per heavy atom. The average molecular weight is 278 g/mol. The van der Waals surface area contributed by atoms with E-state index in [2.05, 4.69) is 0 Å². The third kappa shape index (κ3) is 3.24. The molecule has 1 aliphatic rings. The fourth-order valence-electron chi connectivity index (χ4n) is 2.46. The molecule has 0 fully saturated rings. The molecule has 1 atom stereocenters. The molecule has 0 spiro atoms. The molecule has 1 aromatic rings. The molecule has 4 heteroatoms. The minimum absolute atomic E-state index is 0.260. The number of carboxylic acid groups (broad SMARTS) is 1. The van der Waals surface area contributed by atoms with Gasteiger partial charge in [0.2, 0.25) is 0 Å². The van der Waals surface area contributed by atoms with Crippen LogP contribution in [-0.2, 0) is 11.2 Å². The van der Waals surface area contributed by atoms with Crippen molar-refractivity contribution in [3.05, 3.63) is 23.8 Å². The van der Waals surface area contributed by atoms with E-state index >= 15 is 0 Å². The van der Waals surface area contributed by atoms with Gasteiger partial charge < -0.3 is 14.6 Å². The quantitative estimate of drug-likeness (QED) is 0.866. The van der Waals surface area contributed by atoms with Crippen LogP contribution in [0.5, 0.6) is 11.5 Å². The van der Waals surface area contributed by atoms with E-state index in [1.165, 1.54) is 0 Å². The van der Waals surface area contributed by atoms with E-state index in [0.717, 1.165) is 24.8 Å². The Morgan fingerprint density at radius 1 is 1.50 bits per heavy atom. The summed E-state index contributed by atoms with van der Waals surface area (Å²) in [5, 5.41) is 9.25. The fraction of sp³-hybridized carbons (Fsp3) is 0.562. The number of ether oxygens (including phenoxy) is 2. The second kappa shape index (κ2) is 5.73. The first-order valence-corrected chi connectivity index (χ1v) is 7.13. The molecule has 1 heterocycles. The SMILES string of the molecule is CCCCC(Oc1cccc2c1OC(C)(C)C2)C(=O)O. The van der Waals surface area contributed by atoms with Crippen molar-refractivity contribution in [2.75, 3.05) is 0 Å². The van der Waals surface area contributed by atoms with Crippen LogP contribution in [0.1, 0.15) is 45.6 Å². The predicted octanol–water partition coefficient (Wildman–Crippen LogP) is 3.42. The molecule has 1 aromatic carbocycles. The number of rotatable bonds is 6. The lowest BCUT2D eigenvalue weighted by Crippen LogP contribution is -2.27. The van der Waals surface area contributed by atoms with Crippen molar-refractivity contribution in [1.29, 1.82) is 0 Å². The Balaban J connectivity index is 2.18. The van der Waals surface area contributed by atoms with E-state index in [1.807, 2.05) is 32.9 Å². The van der Waals surface area contributed by atoms with Crippen LogP contribution in [-0.4, -0.2) is 22.8 Å². The van der Waals surface area contributed by atoms with Gasteiger partial charge in [-0.1, -0.05) is 25.5 Å². The van der Waals surface area contributed by atoms with Crippen LogP contribution in [0.4, 0.5) is 0 Å². The van der Waals surface area contributed by atoms with Crippen LogP contribution in [0.2, 0.25) is 0 Å². The van der Waals surface area contributed by atoms with Crippen molar-refractivity contribution in [3.63, 3.8) is 0 Å². The number of aliphatic carboxylic acids is 1. The molecule has 110 valence electrons. The molecular weight excluding hydrogens is 256 g/mol. The fourth-order valence-corrected chi connectivity index (χ4v) is 2.46. The Morgan fingerprint density at radius 3 is 2.90 bits per heavy atom. The minimum Gasteiger partial charge on any atom is -0.483 e. The summed E-state index contributed by atoms with van der Waals surface area (Å²) >= 11 is 0. The van der Waals surface area contributed by atoms with Crippen molar-refractivity contribution in [1.82, 2.24) is 0 Å². The molecule has 1 aliphatic heterocycles. The zero-order chi connectivity index (χ0) is 14.8. The van der Waals surface area contributed by atoms with Crippen LogP contribution in [0, 0.1) is 0 Å². The molecular formula is C16H22O4. The first-order chi connectivity index (χ1) is 9.43. The summed E-state index contributed by atoms with van der Waals surface area (Å²) in [5.41, 5.74) is 0.816. The number of hydrogen-bond acceptors (Lipinski definition) is 3. The number of para-hydroxylation sites is 1. The van der Waals surface area contributed by atoms with E-state index in [4.69, 9.17) is 9.47 Å². The lowest BCUT2D eigenvalue weighted by molar-refractivity contribution is -0.145. The summed E-state index contributed by atoms with van der Waals surface area (Å²) in [4.78, 5) is 11.3. The van der Waals surface area contributed by atoms with Crippen LogP contribution in [0.15, 0.2) is 18.2 Å². The van der Waals surface area contributed by atoms with Crippen molar-refractivity contribution in [2.45, 2.75) is 58.2 Å². The number of carbonyl (C=O) groups is 1. The average Bonchev–Trinajstić information content (AvgIpc) is 2.68. The molecule has 1 N–H and O–H groups in total. The van der Waals surface area contributed by atoms with Gasteiger partial charge in [0, 0.05) is 12.0 Å². The smallest absolute Gasteiger partial charge is 0.344 e. The largest absolute Gasteiger partial charge is 0.483 e.